The average Bonchev–Trinajstić information content (AvgIpc) is 2.35. The van der Waals surface area contributed by atoms with E-state index in [9.17, 15) is 0 Å². The largest absolute Gasteiger partial charge is 0.481 e. The van der Waals surface area contributed by atoms with E-state index in [4.69, 9.17) is 4.74 Å². The number of methoxy groups -OCH3 is 1. The first-order valence-corrected chi connectivity index (χ1v) is 6.98. The predicted molar refractivity (Wildman–Crippen MR) is 78.6 cm³/mol. The van der Waals surface area contributed by atoms with Crippen molar-refractivity contribution in [1.29, 1.82) is 0 Å². The molecule has 0 fully saturated rings. The number of ether oxygens (including phenoxy) is 1. The highest BCUT2D eigenvalue weighted by atomic mass is 16.5. The van der Waals surface area contributed by atoms with Crippen LogP contribution in [0.15, 0.2) is 6.33 Å². The van der Waals surface area contributed by atoms with Crippen LogP contribution in [0.1, 0.15) is 45.4 Å². The van der Waals surface area contributed by atoms with E-state index >= 15 is 0 Å². The van der Waals surface area contributed by atoms with Crippen LogP contribution in [0.2, 0.25) is 0 Å². The van der Waals surface area contributed by atoms with Crippen LogP contribution in [-0.4, -0.2) is 29.7 Å². The number of nitrogens with zero attached hydrogens (tertiary/aromatic N) is 2. The minimum absolute atomic E-state index is 0.194. The molecular formula is C15H27N3O. The second kappa shape index (κ2) is 6.85. The van der Waals surface area contributed by atoms with Crippen LogP contribution < -0.4 is 10.1 Å². The van der Waals surface area contributed by atoms with Gasteiger partial charge < -0.3 is 10.1 Å². The summed E-state index contributed by atoms with van der Waals surface area (Å²) < 4.78 is 5.26. The first kappa shape index (κ1) is 15.9. The van der Waals surface area contributed by atoms with Gasteiger partial charge in [0.2, 0.25) is 5.88 Å². The zero-order valence-corrected chi connectivity index (χ0v) is 13.1. The molecule has 1 N–H and O–H groups in total. The summed E-state index contributed by atoms with van der Waals surface area (Å²) in [5, 5.41) is 3.62. The molecular weight excluding hydrogens is 238 g/mol. The maximum atomic E-state index is 5.26. The highest BCUT2D eigenvalue weighted by molar-refractivity contribution is 5.28. The van der Waals surface area contributed by atoms with Crippen molar-refractivity contribution in [1.82, 2.24) is 15.3 Å². The quantitative estimate of drug-likeness (QED) is 0.859. The molecule has 0 saturated heterocycles. The average molecular weight is 265 g/mol. The van der Waals surface area contributed by atoms with E-state index in [0.29, 0.717) is 11.9 Å². The summed E-state index contributed by atoms with van der Waals surface area (Å²) >= 11 is 0. The lowest BCUT2D eigenvalue weighted by molar-refractivity contribution is 0.264. The molecule has 19 heavy (non-hydrogen) atoms. The van der Waals surface area contributed by atoms with Gasteiger partial charge in [0.25, 0.3) is 0 Å². The van der Waals surface area contributed by atoms with E-state index in [0.717, 1.165) is 30.6 Å². The first-order chi connectivity index (χ1) is 8.90. The smallest absolute Gasteiger partial charge is 0.219 e. The van der Waals surface area contributed by atoms with Gasteiger partial charge in [-0.1, -0.05) is 27.7 Å². The van der Waals surface area contributed by atoms with Gasteiger partial charge in [-0.3, -0.25) is 0 Å². The van der Waals surface area contributed by atoms with Crippen molar-refractivity contribution < 1.29 is 4.74 Å². The van der Waals surface area contributed by atoms with Crippen molar-refractivity contribution in [2.75, 3.05) is 13.7 Å². The Bertz CT molecular complexity index is 399. The number of rotatable bonds is 6. The second-order valence-corrected chi connectivity index (χ2v) is 6.03. The van der Waals surface area contributed by atoms with Crippen molar-refractivity contribution in [3.8, 4) is 5.88 Å². The van der Waals surface area contributed by atoms with Gasteiger partial charge >= 0.3 is 0 Å². The van der Waals surface area contributed by atoms with Crippen LogP contribution in [0.4, 0.5) is 0 Å². The minimum atomic E-state index is 0.194. The Morgan fingerprint density at radius 1 is 1.32 bits per heavy atom. The fraction of sp³-hybridized carbons (Fsp3) is 0.733. The topological polar surface area (TPSA) is 47.0 Å². The van der Waals surface area contributed by atoms with Crippen molar-refractivity contribution in [3.63, 3.8) is 0 Å². The van der Waals surface area contributed by atoms with E-state index in [1.807, 2.05) is 6.92 Å². The maximum Gasteiger partial charge on any atom is 0.219 e. The molecule has 1 atom stereocenters. The summed E-state index contributed by atoms with van der Waals surface area (Å²) in [5.41, 5.74) is 2.30. The van der Waals surface area contributed by atoms with Crippen molar-refractivity contribution >= 4 is 0 Å². The normalized spacial score (nSPS) is 13.4. The molecule has 0 spiro atoms. The van der Waals surface area contributed by atoms with Crippen LogP contribution >= 0.6 is 0 Å². The lowest BCUT2D eigenvalue weighted by Gasteiger charge is -2.32. The molecule has 0 amide bonds. The van der Waals surface area contributed by atoms with E-state index in [-0.39, 0.29) is 5.41 Å². The van der Waals surface area contributed by atoms with Gasteiger partial charge in [-0.05, 0) is 25.3 Å². The van der Waals surface area contributed by atoms with Gasteiger partial charge in [-0.2, -0.15) is 0 Å². The summed E-state index contributed by atoms with van der Waals surface area (Å²) in [7, 11) is 1.65. The molecule has 0 bridgehead atoms. The summed E-state index contributed by atoms with van der Waals surface area (Å²) in [5.74, 6) is 0.674. The third kappa shape index (κ3) is 4.46. The van der Waals surface area contributed by atoms with Gasteiger partial charge in [0.15, 0.2) is 0 Å². The summed E-state index contributed by atoms with van der Waals surface area (Å²) in [4.78, 5) is 8.55. The van der Waals surface area contributed by atoms with Crippen molar-refractivity contribution in [2.45, 2.75) is 53.5 Å². The Morgan fingerprint density at radius 3 is 2.53 bits per heavy atom. The zero-order chi connectivity index (χ0) is 14.5. The highest BCUT2D eigenvalue weighted by Gasteiger charge is 2.25. The molecule has 0 aliphatic heterocycles. The third-order valence-corrected chi connectivity index (χ3v) is 3.42. The minimum Gasteiger partial charge on any atom is -0.481 e. The van der Waals surface area contributed by atoms with Gasteiger partial charge in [-0.15, -0.1) is 0 Å². The van der Waals surface area contributed by atoms with Crippen LogP contribution in [0.25, 0.3) is 0 Å². The van der Waals surface area contributed by atoms with E-state index < -0.39 is 0 Å². The third-order valence-electron chi connectivity index (χ3n) is 3.42. The molecule has 0 aliphatic rings. The summed E-state index contributed by atoms with van der Waals surface area (Å²) in [6, 6.07) is 0.394. The van der Waals surface area contributed by atoms with Gasteiger partial charge in [0.1, 0.15) is 6.33 Å². The SMILES string of the molecule is CCCNC(Cc1ncnc(OC)c1C)C(C)(C)C. The molecule has 1 aromatic heterocycles. The monoisotopic (exact) mass is 265 g/mol. The molecule has 0 aromatic carbocycles. The second-order valence-electron chi connectivity index (χ2n) is 6.03. The molecule has 1 heterocycles. The van der Waals surface area contributed by atoms with Crippen LogP contribution in [0.3, 0.4) is 0 Å². The molecule has 0 aliphatic carbocycles. The number of aromatic nitrogens is 2. The fourth-order valence-corrected chi connectivity index (χ4v) is 2.08. The van der Waals surface area contributed by atoms with Crippen LogP contribution in [-0.2, 0) is 6.42 Å². The Labute approximate surface area is 117 Å². The Morgan fingerprint density at radius 2 is 2.00 bits per heavy atom. The highest BCUT2D eigenvalue weighted by Crippen LogP contribution is 2.25. The number of hydrogen-bond donors (Lipinski definition) is 1. The molecule has 1 unspecified atom stereocenters. The summed E-state index contributed by atoms with van der Waals surface area (Å²) in [6.07, 6.45) is 3.62. The number of hydrogen-bond acceptors (Lipinski definition) is 4. The van der Waals surface area contributed by atoms with Crippen LogP contribution in [0.5, 0.6) is 5.88 Å². The lowest BCUT2D eigenvalue weighted by Crippen LogP contribution is -2.42. The van der Waals surface area contributed by atoms with Crippen LogP contribution in [0, 0.1) is 12.3 Å². The van der Waals surface area contributed by atoms with Crippen molar-refractivity contribution in [3.05, 3.63) is 17.6 Å². The Balaban J connectivity index is 2.90. The Kier molecular flexibility index (Phi) is 5.73. The fourth-order valence-electron chi connectivity index (χ4n) is 2.08. The summed E-state index contributed by atoms with van der Waals surface area (Å²) in [6.45, 7) is 12.0. The lowest BCUT2D eigenvalue weighted by atomic mass is 9.83. The van der Waals surface area contributed by atoms with E-state index in [1.54, 1.807) is 13.4 Å². The van der Waals surface area contributed by atoms with Gasteiger partial charge in [0, 0.05) is 18.0 Å². The molecule has 4 heteroatoms. The molecule has 1 rings (SSSR count). The van der Waals surface area contributed by atoms with Gasteiger partial charge in [-0.25, -0.2) is 9.97 Å². The van der Waals surface area contributed by atoms with Gasteiger partial charge in [0.05, 0.1) is 12.8 Å². The van der Waals surface area contributed by atoms with E-state index in [1.165, 1.54) is 0 Å². The number of nitrogens with one attached hydrogen (secondary N) is 1. The molecule has 4 nitrogen and oxygen atoms in total. The standard InChI is InChI=1S/C15H27N3O/c1-7-8-16-13(15(3,4)5)9-12-11(2)14(19-6)18-10-17-12/h10,13,16H,7-9H2,1-6H3. The Hall–Kier alpha value is -1.16. The molecule has 1 aromatic rings. The molecule has 0 saturated carbocycles. The first-order valence-electron chi connectivity index (χ1n) is 6.98. The van der Waals surface area contributed by atoms with E-state index in [2.05, 4.69) is 43.0 Å². The van der Waals surface area contributed by atoms with Crippen molar-refractivity contribution in [2.24, 2.45) is 5.41 Å². The predicted octanol–water partition coefficient (Wildman–Crippen LogP) is 2.75. The maximum absolute atomic E-state index is 5.26. The molecule has 0 radical (unpaired) electrons. The molecule has 108 valence electrons. The zero-order valence-electron chi connectivity index (χ0n) is 13.1.